The lowest BCUT2D eigenvalue weighted by atomic mass is 9.81. The minimum Gasteiger partial charge on any atom is -0.481 e. The summed E-state index contributed by atoms with van der Waals surface area (Å²) in [7, 11) is 2.06. The Hall–Kier alpha value is -3.52. The highest BCUT2D eigenvalue weighted by Gasteiger charge is 2.42. The van der Waals surface area contributed by atoms with Gasteiger partial charge in [0, 0.05) is 42.5 Å². The molecule has 1 aromatic heterocycles. The summed E-state index contributed by atoms with van der Waals surface area (Å²) in [6.45, 7) is 6.20. The van der Waals surface area contributed by atoms with Gasteiger partial charge in [-0.3, -0.25) is 4.79 Å². The monoisotopic (exact) mass is 475 g/mol. The Morgan fingerprint density at radius 1 is 1.26 bits per heavy atom. The Morgan fingerprint density at radius 2 is 2.06 bits per heavy atom. The summed E-state index contributed by atoms with van der Waals surface area (Å²) in [5.41, 5.74) is 4.82. The van der Waals surface area contributed by atoms with Crippen LogP contribution in [0.2, 0.25) is 0 Å². The van der Waals surface area contributed by atoms with Crippen molar-refractivity contribution in [2.24, 2.45) is 0 Å². The van der Waals surface area contributed by atoms with Crippen molar-refractivity contribution in [2.45, 2.75) is 45.1 Å². The average molecular weight is 476 g/mol. The molecule has 8 heteroatoms. The molecule has 2 aromatic carbocycles. The summed E-state index contributed by atoms with van der Waals surface area (Å²) in [6.07, 6.45) is 3.33. The number of aliphatic carboxylic acids is 1. The Bertz CT molecular complexity index is 1300. The van der Waals surface area contributed by atoms with Gasteiger partial charge in [0.2, 0.25) is 5.95 Å². The lowest BCUT2D eigenvalue weighted by Crippen LogP contribution is -2.31. The maximum Gasteiger partial charge on any atom is 0.304 e. The van der Waals surface area contributed by atoms with Crippen molar-refractivity contribution in [2.75, 3.05) is 30.4 Å². The van der Waals surface area contributed by atoms with Crippen LogP contribution < -0.4 is 10.2 Å². The molecule has 0 radical (unpaired) electrons. The number of carboxylic acids is 1. The van der Waals surface area contributed by atoms with E-state index in [1.807, 2.05) is 44.2 Å². The van der Waals surface area contributed by atoms with Crippen molar-refractivity contribution >= 4 is 29.1 Å². The fourth-order valence-corrected chi connectivity index (χ4v) is 5.29. The number of nitrogens with zero attached hydrogens (tertiary/aromatic N) is 4. The number of aromatic nitrogens is 2. The molecule has 0 fully saturated rings. The molecule has 7 nitrogen and oxygen atoms in total. The van der Waals surface area contributed by atoms with Gasteiger partial charge >= 0.3 is 5.97 Å². The molecular weight excluding hydrogens is 445 g/mol. The van der Waals surface area contributed by atoms with E-state index in [0.717, 1.165) is 47.5 Å². The Kier molecular flexibility index (Phi) is 5.92. The van der Waals surface area contributed by atoms with Crippen LogP contribution in [0.1, 0.15) is 42.5 Å². The first kappa shape index (κ1) is 23.2. The number of hydrogen-bond acceptors (Lipinski definition) is 6. The van der Waals surface area contributed by atoms with E-state index in [2.05, 4.69) is 27.1 Å². The first-order valence-corrected chi connectivity index (χ1v) is 12.0. The van der Waals surface area contributed by atoms with Crippen LogP contribution in [0, 0.1) is 5.82 Å². The number of benzene rings is 2. The second-order valence-electron chi connectivity index (χ2n) is 9.84. The average Bonchev–Trinajstić information content (AvgIpc) is 3.11. The molecule has 1 atom stereocenters. The van der Waals surface area contributed by atoms with Crippen molar-refractivity contribution in [1.29, 1.82) is 0 Å². The van der Waals surface area contributed by atoms with E-state index in [0.29, 0.717) is 30.4 Å². The zero-order valence-electron chi connectivity index (χ0n) is 20.3. The molecular formula is C27H30FN5O2. The van der Waals surface area contributed by atoms with Crippen LogP contribution in [0.15, 0.2) is 42.6 Å². The lowest BCUT2D eigenvalue weighted by molar-refractivity contribution is -0.138. The number of halogens is 1. The normalized spacial score (nSPS) is 19.4. The van der Waals surface area contributed by atoms with Gasteiger partial charge in [0.15, 0.2) is 0 Å². The zero-order chi connectivity index (χ0) is 24.7. The smallest absolute Gasteiger partial charge is 0.304 e. The molecule has 0 unspecified atom stereocenters. The quantitative estimate of drug-likeness (QED) is 0.530. The number of anilines is 4. The molecule has 5 rings (SSSR count). The van der Waals surface area contributed by atoms with E-state index in [1.54, 1.807) is 12.3 Å². The second-order valence-corrected chi connectivity index (χ2v) is 9.84. The molecule has 0 saturated heterocycles. The van der Waals surface area contributed by atoms with Gasteiger partial charge in [-0.05, 0) is 54.8 Å². The highest BCUT2D eigenvalue weighted by atomic mass is 19.1. The molecule has 0 amide bonds. The summed E-state index contributed by atoms with van der Waals surface area (Å²) in [5, 5.41) is 12.7. The fourth-order valence-electron chi connectivity index (χ4n) is 5.29. The standard InChI is InChI=1S/C27H30FN5O2/c1-4-17-14-29-26(30-22-12-19-15-32(3)10-9-18(19)11-21(22)28)31-25(17)33-16-27(2,13-24(34)35)20-7-5-6-8-23(20)33/h5-8,11-12,14H,4,9-10,13,15-16H2,1-3H3,(H,34,35)(H,29,30,31)/t27-/m1/s1. The third kappa shape index (κ3) is 4.34. The van der Waals surface area contributed by atoms with Gasteiger partial charge in [-0.1, -0.05) is 32.0 Å². The summed E-state index contributed by atoms with van der Waals surface area (Å²) in [5.74, 6) is -0.133. The molecule has 0 bridgehead atoms. The van der Waals surface area contributed by atoms with E-state index in [-0.39, 0.29) is 12.2 Å². The summed E-state index contributed by atoms with van der Waals surface area (Å²) in [4.78, 5) is 25.2. The van der Waals surface area contributed by atoms with Gasteiger partial charge in [-0.2, -0.15) is 4.98 Å². The summed E-state index contributed by atoms with van der Waals surface area (Å²) >= 11 is 0. The molecule has 0 saturated carbocycles. The third-order valence-corrected chi connectivity index (χ3v) is 7.11. The minimum absolute atomic E-state index is 0.0208. The molecule has 0 aliphatic carbocycles. The number of carboxylic acid groups (broad SMARTS) is 1. The minimum atomic E-state index is -0.835. The van der Waals surface area contributed by atoms with E-state index in [4.69, 9.17) is 4.98 Å². The van der Waals surface area contributed by atoms with Crippen LogP contribution in [0.25, 0.3) is 0 Å². The van der Waals surface area contributed by atoms with E-state index >= 15 is 0 Å². The lowest BCUT2D eigenvalue weighted by Gasteiger charge is -2.26. The molecule has 182 valence electrons. The van der Waals surface area contributed by atoms with Crippen LogP contribution in [0.5, 0.6) is 0 Å². The van der Waals surface area contributed by atoms with Crippen molar-refractivity contribution in [3.05, 3.63) is 70.7 Å². The van der Waals surface area contributed by atoms with Gasteiger partial charge in [-0.25, -0.2) is 9.37 Å². The van der Waals surface area contributed by atoms with Crippen molar-refractivity contribution in [3.63, 3.8) is 0 Å². The third-order valence-electron chi connectivity index (χ3n) is 7.11. The molecule has 0 spiro atoms. The molecule has 2 aliphatic heterocycles. The summed E-state index contributed by atoms with van der Waals surface area (Å²) in [6, 6.07) is 11.3. The first-order valence-electron chi connectivity index (χ1n) is 12.0. The van der Waals surface area contributed by atoms with Crippen molar-refractivity contribution in [1.82, 2.24) is 14.9 Å². The summed E-state index contributed by atoms with van der Waals surface area (Å²) < 4.78 is 14.9. The molecule has 3 heterocycles. The number of hydrogen-bond donors (Lipinski definition) is 2. The van der Waals surface area contributed by atoms with Crippen molar-refractivity contribution < 1.29 is 14.3 Å². The predicted octanol–water partition coefficient (Wildman–Crippen LogP) is 4.79. The van der Waals surface area contributed by atoms with E-state index in [1.165, 1.54) is 0 Å². The first-order chi connectivity index (χ1) is 16.8. The van der Waals surface area contributed by atoms with Gasteiger partial charge in [0.1, 0.15) is 11.6 Å². The fraction of sp³-hybridized carbons (Fsp3) is 0.370. The Balaban J connectivity index is 1.51. The van der Waals surface area contributed by atoms with E-state index < -0.39 is 11.4 Å². The topological polar surface area (TPSA) is 81.6 Å². The van der Waals surface area contributed by atoms with Gasteiger partial charge in [0.05, 0.1) is 12.1 Å². The van der Waals surface area contributed by atoms with Gasteiger partial charge in [0.25, 0.3) is 0 Å². The van der Waals surface area contributed by atoms with Crippen molar-refractivity contribution in [3.8, 4) is 0 Å². The van der Waals surface area contributed by atoms with Crippen LogP contribution in [0.4, 0.5) is 27.5 Å². The van der Waals surface area contributed by atoms with E-state index in [9.17, 15) is 14.3 Å². The maximum atomic E-state index is 14.9. The number of fused-ring (bicyclic) bond motifs is 2. The number of nitrogens with one attached hydrogen (secondary N) is 1. The van der Waals surface area contributed by atoms with Crippen LogP contribution in [-0.4, -0.2) is 46.1 Å². The molecule has 3 aromatic rings. The number of para-hydroxylation sites is 1. The highest BCUT2D eigenvalue weighted by Crippen LogP contribution is 2.46. The predicted molar refractivity (Wildman–Crippen MR) is 134 cm³/mol. The Morgan fingerprint density at radius 3 is 2.83 bits per heavy atom. The number of carbonyl (C=O) groups is 1. The number of rotatable bonds is 6. The number of likely N-dealkylation sites (N-methyl/N-ethyl adjacent to an activating group) is 1. The van der Waals surface area contributed by atoms with Crippen LogP contribution >= 0.6 is 0 Å². The van der Waals surface area contributed by atoms with Gasteiger partial charge in [-0.15, -0.1) is 0 Å². The second kappa shape index (κ2) is 8.92. The van der Waals surface area contributed by atoms with Crippen LogP contribution in [-0.2, 0) is 29.6 Å². The Labute approximate surface area is 204 Å². The molecule has 35 heavy (non-hydrogen) atoms. The zero-order valence-corrected chi connectivity index (χ0v) is 20.3. The van der Waals surface area contributed by atoms with Gasteiger partial charge < -0.3 is 20.2 Å². The SMILES string of the molecule is CCc1cnc(Nc2cc3c(cc2F)CCN(C)C3)nc1N1C[C@@](C)(CC(=O)O)c2ccccc21. The number of aryl methyl sites for hydroxylation is 1. The molecule has 2 aliphatic rings. The molecule has 2 N–H and O–H groups in total. The highest BCUT2D eigenvalue weighted by molar-refractivity contribution is 5.77. The largest absolute Gasteiger partial charge is 0.481 e. The van der Waals surface area contributed by atoms with Crippen LogP contribution in [0.3, 0.4) is 0 Å². The maximum absolute atomic E-state index is 14.9.